The van der Waals surface area contributed by atoms with Crippen LogP contribution < -0.4 is 10.5 Å². The van der Waals surface area contributed by atoms with Crippen molar-refractivity contribution in [3.63, 3.8) is 0 Å². The average Bonchev–Trinajstić information content (AvgIpc) is 2.48. The summed E-state index contributed by atoms with van der Waals surface area (Å²) in [7, 11) is 1.66. The van der Waals surface area contributed by atoms with Crippen LogP contribution in [0.5, 0.6) is 5.75 Å². The molecule has 1 aliphatic rings. The Bertz CT molecular complexity index is 436. The summed E-state index contributed by atoms with van der Waals surface area (Å²) in [6, 6.07) is 8.19. The molecule has 1 fully saturated rings. The van der Waals surface area contributed by atoms with E-state index in [0.29, 0.717) is 6.42 Å². The predicted molar refractivity (Wildman–Crippen MR) is 87.0 cm³/mol. The molecule has 1 amide bonds. The van der Waals surface area contributed by atoms with Crippen molar-refractivity contribution in [3.8, 4) is 5.75 Å². The van der Waals surface area contributed by atoms with E-state index in [1.54, 1.807) is 7.11 Å². The number of methoxy groups -OCH3 is 1. The molecule has 0 bridgehead atoms. The molecule has 21 heavy (non-hydrogen) atoms. The molecule has 0 aromatic heterocycles. The summed E-state index contributed by atoms with van der Waals surface area (Å²) in [5.41, 5.74) is 7.15. The van der Waals surface area contributed by atoms with Gasteiger partial charge in [0.05, 0.1) is 7.11 Å². The number of hydrogen-bond acceptors (Lipinski definition) is 3. The molecular weight excluding hydrogens is 288 g/mol. The summed E-state index contributed by atoms with van der Waals surface area (Å²) >= 11 is 0. The van der Waals surface area contributed by atoms with Crippen LogP contribution in [0.4, 0.5) is 0 Å². The maximum Gasteiger partial charge on any atom is 0.222 e. The van der Waals surface area contributed by atoms with Gasteiger partial charge in [-0.2, -0.15) is 0 Å². The average molecular weight is 313 g/mol. The number of rotatable bonds is 5. The molecule has 4 nitrogen and oxygen atoms in total. The first-order valence-corrected chi connectivity index (χ1v) is 7.35. The molecular formula is C16H25ClN2O2. The topological polar surface area (TPSA) is 55.6 Å². The van der Waals surface area contributed by atoms with Gasteiger partial charge in [-0.1, -0.05) is 12.1 Å². The number of piperidine rings is 1. The van der Waals surface area contributed by atoms with Crippen molar-refractivity contribution < 1.29 is 9.53 Å². The summed E-state index contributed by atoms with van der Waals surface area (Å²) in [6.45, 7) is 1.59. The van der Waals surface area contributed by atoms with Gasteiger partial charge in [-0.15, -0.1) is 12.4 Å². The van der Waals surface area contributed by atoms with Crippen LogP contribution in [0.1, 0.15) is 31.2 Å². The van der Waals surface area contributed by atoms with E-state index in [1.807, 2.05) is 17.0 Å². The number of ether oxygens (including phenoxy) is 1. The van der Waals surface area contributed by atoms with Crippen LogP contribution in [-0.2, 0) is 11.2 Å². The minimum absolute atomic E-state index is 0. The largest absolute Gasteiger partial charge is 0.497 e. The first-order chi connectivity index (χ1) is 9.69. The van der Waals surface area contributed by atoms with Crippen molar-refractivity contribution >= 4 is 18.3 Å². The van der Waals surface area contributed by atoms with Crippen molar-refractivity contribution in [2.75, 3.05) is 20.2 Å². The number of nitrogens with two attached hydrogens (primary N) is 1. The lowest BCUT2D eigenvalue weighted by Gasteiger charge is -2.30. The van der Waals surface area contributed by atoms with Crippen molar-refractivity contribution in [1.29, 1.82) is 0 Å². The Balaban J connectivity index is 0.00000220. The molecule has 1 unspecified atom stereocenters. The highest BCUT2D eigenvalue weighted by molar-refractivity contribution is 5.85. The molecule has 0 radical (unpaired) electrons. The lowest BCUT2D eigenvalue weighted by atomic mass is 10.0. The van der Waals surface area contributed by atoms with E-state index in [1.165, 1.54) is 5.56 Å². The Labute approximate surface area is 133 Å². The monoisotopic (exact) mass is 312 g/mol. The predicted octanol–water partition coefficient (Wildman–Crippen LogP) is 2.39. The number of carbonyl (C=O) groups excluding carboxylic acids is 1. The van der Waals surface area contributed by atoms with Gasteiger partial charge < -0.3 is 15.4 Å². The third-order valence-corrected chi connectivity index (χ3v) is 3.83. The van der Waals surface area contributed by atoms with Crippen LogP contribution in [0.3, 0.4) is 0 Å². The number of halogens is 1. The Morgan fingerprint density at radius 1 is 1.38 bits per heavy atom. The second kappa shape index (κ2) is 8.90. The maximum absolute atomic E-state index is 12.1. The number of amides is 1. The fourth-order valence-electron chi connectivity index (χ4n) is 2.63. The third kappa shape index (κ3) is 5.56. The highest BCUT2D eigenvalue weighted by Gasteiger charge is 2.20. The van der Waals surface area contributed by atoms with Gasteiger partial charge >= 0.3 is 0 Å². The van der Waals surface area contributed by atoms with Crippen molar-refractivity contribution in [2.45, 2.75) is 38.1 Å². The normalized spacial score (nSPS) is 18.0. The Morgan fingerprint density at radius 2 is 2.10 bits per heavy atom. The molecule has 1 aromatic rings. The molecule has 1 aromatic carbocycles. The van der Waals surface area contributed by atoms with Crippen LogP contribution in [0.2, 0.25) is 0 Å². The molecule has 2 rings (SSSR count). The van der Waals surface area contributed by atoms with Crippen LogP contribution in [0.25, 0.3) is 0 Å². The molecule has 1 saturated heterocycles. The molecule has 118 valence electrons. The SMILES string of the molecule is COc1ccc(CCCC(=O)N2CCCC(N)C2)cc1.Cl. The number of likely N-dealkylation sites (tertiary alicyclic amines) is 1. The number of nitrogens with zero attached hydrogens (tertiary/aromatic N) is 1. The maximum atomic E-state index is 12.1. The first kappa shape index (κ1) is 17.8. The minimum atomic E-state index is 0. The van der Waals surface area contributed by atoms with E-state index in [0.717, 1.165) is 44.5 Å². The van der Waals surface area contributed by atoms with Gasteiger partial charge in [-0.3, -0.25) is 4.79 Å². The van der Waals surface area contributed by atoms with Gasteiger partial charge in [0.1, 0.15) is 5.75 Å². The summed E-state index contributed by atoms with van der Waals surface area (Å²) in [4.78, 5) is 14.0. The number of aryl methyl sites for hydroxylation is 1. The quantitative estimate of drug-likeness (QED) is 0.908. The van der Waals surface area contributed by atoms with Gasteiger partial charge in [-0.25, -0.2) is 0 Å². The zero-order valence-corrected chi connectivity index (χ0v) is 13.4. The summed E-state index contributed by atoms with van der Waals surface area (Å²) in [5, 5.41) is 0. The molecule has 0 spiro atoms. The highest BCUT2D eigenvalue weighted by atomic mass is 35.5. The summed E-state index contributed by atoms with van der Waals surface area (Å²) in [5.74, 6) is 1.11. The number of hydrogen-bond donors (Lipinski definition) is 1. The van der Waals surface area contributed by atoms with Crippen molar-refractivity contribution in [1.82, 2.24) is 4.90 Å². The van der Waals surface area contributed by atoms with Gasteiger partial charge in [0, 0.05) is 25.6 Å². The molecule has 1 heterocycles. The van der Waals surface area contributed by atoms with Gasteiger partial charge in [0.15, 0.2) is 0 Å². The Morgan fingerprint density at radius 3 is 2.71 bits per heavy atom. The van der Waals surface area contributed by atoms with E-state index in [4.69, 9.17) is 10.5 Å². The van der Waals surface area contributed by atoms with Crippen molar-refractivity contribution in [3.05, 3.63) is 29.8 Å². The number of benzene rings is 1. The lowest BCUT2D eigenvalue weighted by Crippen LogP contribution is -2.45. The van der Waals surface area contributed by atoms with E-state index in [-0.39, 0.29) is 24.4 Å². The van der Waals surface area contributed by atoms with Gasteiger partial charge in [0.25, 0.3) is 0 Å². The molecule has 1 aliphatic heterocycles. The Kier molecular flexibility index (Phi) is 7.54. The molecule has 0 aliphatic carbocycles. The fraction of sp³-hybridized carbons (Fsp3) is 0.562. The van der Waals surface area contributed by atoms with E-state index in [2.05, 4.69) is 12.1 Å². The molecule has 2 N–H and O–H groups in total. The molecule has 0 saturated carbocycles. The first-order valence-electron chi connectivity index (χ1n) is 7.35. The highest BCUT2D eigenvalue weighted by Crippen LogP contribution is 2.14. The zero-order chi connectivity index (χ0) is 14.4. The molecule has 1 atom stereocenters. The van der Waals surface area contributed by atoms with Crippen LogP contribution >= 0.6 is 12.4 Å². The van der Waals surface area contributed by atoms with Gasteiger partial charge in [-0.05, 0) is 43.4 Å². The van der Waals surface area contributed by atoms with Crippen molar-refractivity contribution in [2.24, 2.45) is 5.73 Å². The summed E-state index contributed by atoms with van der Waals surface area (Å²) < 4.78 is 5.13. The standard InChI is InChI=1S/C16H24N2O2.ClH/c1-20-15-9-7-13(8-10-15)4-2-6-16(19)18-11-3-5-14(17)12-18;/h7-10,14H,2-6,11-12,17H2,1H3;1H. The Hall–Kier alpha value is -1.26. The van der Waals surface area contributed by atoms with Crippen LogP contribution in [0.15, 0.2) is 24.3 Å². The third-order valence-electron chi connectivity index (χ3n) is 3.83. The second-order valence-corrected chi connectivity index (χ2v) is 5.44. The minimum Gasteiger partial charge on any atom is -0.497 e. The fourth-order valence-corrected chi connectivity index (χ4v) is 2.63. The van der Waals surface area contributed by atoms with E-state index in [9.17, 15) is 4.79 Å². The van der Waals surface area contributed by atoms with Gasteiger partial charge in [0.2, 0.25) is 5.91 Å². The van der Waals surface area contributed by atoms with Crippen LogP contribution in [0, 0.1) is 0 Å². The number of carbonyl (C=O) groups is 1. The lowest BCUT2D eigenvalue weighted by molar-refractivity contribution is -0.132. The molecule has 5 heteroatoms. The smallest absolute Gasteiger partial charge is 0.222 e. The zero-order valence-electron chi connectivity index (χ0n) is 12.6. The van der Waals surface area contributed by atoms with Crippen LogP contribution in [-0.4, -0.2) is 37.0 Å². The van der Waals surface area contributed by atoms with E-state index >= 15 is 0 Å². The van der Waals surface area contributed by atoms with E-state index < -0.39 is 0 Å². The second-order valence-electron chi connectivity index (χ2n) is 5.44. The summed E-state index contributed by atoms with van der Waals surface area (Å²) in [6.07, 6.45) is 4.49.